The molecule has 1 aliphatic heterocycles. The summed E-state index contributed by atoms with van der Waals surface area (Å²) in [5.74, 6) is 0.485. The van der Waals surface area contributed by atoms with Crippen LogP contribution in [-0.2, 0) is 10.8 Å². The van der Waals surface area contributed by atoms with Gasteiger partial charge >= 0.3 is 5.97 Å². The molecule has 98 valence electrons. The summed E-state index contributed by atoms with van der Waals surface area (Å²) in [7, 11) is -0.693. The number of aryl methyl sites for hydroxylation is 1. The largest absolute Gasteiger partial charge is 0.478 e. The van der Waals surface area contributed by atoms with Crippen LogP contribution in [0.25, 0.3) is 0 Å². The highest BCUT2D eigenvalue weighted by molar-refractivity contribution is 7.85. The van der Waals surface area contributed by atoms with Gasteiger partial charge in [-0.05, 0) is 31.9 Å². The summed E-state index contributed by atoms with van der Waals surface area (Å²) in [6.07, 6.45) is 1.67. The molecule has 1 aromatic carbocycles. The minimum Gasteiger partial charge on any atom is -0.478 e. The van der Waals surface area contributed by atoms with Gasteiger partial charge in [-0.25, -0.2) is 4.79 Å². The molecule has 5 heteroatoms. The maximum Gasteiger partial charge on any atom is 0.337 e. The predicted molar refractivity (Wildman–Crippen MR) is 72.7 cm³/mol. The molecule has 2 rings (SSSR count). The molecular weight excluding hydrogens is 250 g/mol. The van der Waals surface area contributed by atoms with E-state index in [0.29, 0.717) is 22.8 Å². The van der Waals surface area contributed by atoms with Gasteiger partial charge in [0.15, 0.2) is 0 Å². The van der Waals surface area contributed by atoms with Crippen LogP contribution in [-0.4, -0.2) is 32.8 Å². The van der Waals surface area contributed by atoms with Gasteiger partial charge in [-0.2, -0.15) is 0 Å². The number of aromatic carboxylic acids is 1. The summed E-state index contributed by atoms with van der Waals surface area (Å²) in [4.78, 5) is 11.2. The van der Waals surface area contributed by atoms with Crippen molar-refractivity contribution in [3.8, 4) is 0 Å². The van der Waals surface area contributed by atoms with Crippen LogP contribution in [0.1, 0.15) is 28.8 Å². The Kier molecular flexibility index (Phi) is 4.01. The second-order valence-electron chi connectivity index (χ2n) is 4.62. The lowest BCUT2D eigenvalue weighted by atomic mass is 10.1. The summed E-state index contributed by atoms with van der Waals surface area (Å²) in [6.45, 7) is 1.87. The van der Waals surface area contributed by atoms with E-state index in [-0.39, 0.29) is 6.04 Å². The maximum absolute atomic E-state index is 11.3. The second kappa shape index (κ2) is 5.52. The van der Waals surface area contributed by atoms with E-state index in [2.05, 4.69) is 5.32 Å². The lowest BCUT2D eigenvalue weighted by Crippen LogP contribution is -2.30. The molecule has 18 heavy (non-hydrogen) atoms. The SMILES string of the molecule is Cc1ccc(NC2CCS(=O)CC2)c(C(=O)O)c1. The molecule has 0 unspecified atom stereocenters. The zero-order valence-electron chi connectivity index (χ0n) is 10.3. The van der Waals surface area contributed by atoms with E-state index in [9.17, 15) is 14.1 Å². The van der Waals surface area contributed by atoms with Gasteiger partial charge < -0.3 is 10.4 Å². The van der Waals surface area contributed by atoms with E-state index in [4.69, 9.17) is 0 Å². The Morgan fingerprint density at radius 2 is 2.06 bits per heavy atom. The third kappa shape index (κ3) is 3.10. The molecule has 4 nitrogen and oxygen atoms in total. The Labute approximate surface area is 109 Å². The van der Waals surface area contributed by atoms with Crippen molar-refractivity contribution < 1.29 is 14.1 Å². The van der Waals surface area contributed by atoms with E-state index in [1.165, 1.54) is 0 Å². The van der Waals surface area contributed by atoms with Gasteiger partial charge in [0.2, 0.25) is 0 Å². The number of hydrogen-bond donors (Lipinski definition) is 2. The highest BCUT2D eigenvalue weighted by Crippen LogP contribution is 2.21. The number of hydrogen-bond acceptors (Lipinski definition) is 3. The molecule has 0 radical (unpaired) electrons. The molecule has 1 aliphatic rings. The first-order valence-electron chi connectivity index (χ1n) is 6.01. The standard InChI is InChI=1S/C13H17NO3S/c1-9-2-3-12(11(8-9)13(15)16)14-10-4-6-18(17)7-5-10/h2-3,8,10,14H,4-7H2,1H3,(H,15,16). The normalized spacial score (nSPS) is 23.6. The number of anilines is 1. The van der Waals surface area contributed by atoms with Gasteiger partial charge in [0.1, 0.15) is 0 Å². The monoisotopic (exact) mass is 267 g/mol. The molecule has 0 aromatic heterocycles. The zero-order chi connectivity index (χ0) is 13.1. The Hall–Kier alpha value is -1.36. The smallest absolute Gasteiger partial charge is 0.337 e. The average Bonchev–Trinajstić information content (AvgIpc) is 2.34. The van der Waals surface area contributed by atoms with Crippen LogP contribution in [0.2, 0.25) is 0 Å². The first-order chi connectivity index (χ1) is 8.56. The van der Waals surface area contributed by atoms with Crippen molar-refractivity contribution in [3.63, 3.8) is 0 Å². The molecule has 0 aliphatic carbocycles. The van der Waals surface area contributed by atoms with Crippen LogP contribution in [0.5, 0.6) is 0 Å². The molecule has 1 saturated heterocycles. The van der Waals surface area contributed by atoms with Crippen molar-refractivity contribution in [2.45, 2.75) is 25.8 Å². The van der Waals surface area contributed by atoms with Crippen LogP contribution in [0, 0.1) is 6.92 Å². The van der Waals surface area contributed by atoms with Gasteiger partial charge in [0.25, 0.3) is 0 Å². The average molecular weight is 267 g/mol. The van der Waals surface area contributed by atoms with Crippen LogP contribution in [0.4, 0.5) is 5.69 Å². The summed E-state index contributed by atoms with van der Waals surface area (Å²) < 4.78 is 11.3. The Morgan fingerprint density at radius 1 is 1.39 bits per heavy atom. The molecule has 0 amide bonds. The van der Waals surface area contributed by atoms with Crippen molar-refractivity contribution in [2.75, 3.05) is 16.8 Å². The fourth-order valence-corrected chi connectivity index (χ4v) is 3.42. The molecule has 0 atom stereocenters. The van der Waals surface area contributed by atoms with Crippen molar-refractivity contribution in [1.29, 1.82) is 0 Å². The highest BCUT2D eigenvalue weighted by atomic mass is 32.2. The van der Waals surface area contributed by atoms with Crippen molar-refractivity contribution in [1.82, 2.24) is 0 Å². The van der Waals surface area contributed by atoms with Gasteiger partial charge in [-0.3, -0.25) is 4.21 Å². The van der Waals surface area contributed by atoms with Crippen LogP contribution >= 0.6 is 0 Å². The molecule has 1 heterocycles. The Morgan fingerprint density at radius 3 is 2.67 bits per heavy atom. The van der Waals surface area contributed by atoms with Crippen molar-refractivity contribution in [2.24, 2.45) is 0 Å². The maximum atomic E-state index is 11.3. The predicted octanol–water partition coefficient (Wildman–Crippen LogP) is 2.02. The fourth-order valence-electron chi connectivity index (χ4n) is 2.12. The number of rotatable bonds is 3. The molecule has 0 spiro atoms. The minimum atomic E-state index is -0.916. The van der Waals surface area contributed by atoms with Crippen LogP contribution in [0.15, 0.2) is 18.2 Å². The molecule has 2 N–H and O–H groups in total. The summed E-state index contributed by atoms with van der Waals surface area (Å²) in [5.41, 5.74) is 1.90. The summed E-state index contributed by atoms with van der Waals surface area (Å²) >= 11 is 0. The molecular formula is C13H17NO3S. The van der Waals surface area contributed by atoms with E-state index in [0.717, 1.165) is 18.4 Å². The Balaban J connectivity index is 2.13. The second-order valence-corrected chi connectivity index (χ2v) is 6.32. The van der Waals surface area contributed by atoms with Crippen LogP contribution < -0.4 is 5.32 Å². The first-order valence-corrected chi connectivity index (χ1v) is 7.50. The van der Waals surface area contributed by atoms with Crippen molar-refractivity contribution >= 4 is 22.5 Å². The number of carbonyl (C=O) groups is 1. The third-order valence-corrected chi connectivity index (χ3v) is 4.54. The van der Waals surface area contributed by atoms with Crippen molar-refractivity contribution in [3.05, 3.63) is 29.3 Å². The number of carboxylic acid groups (broad SMARTS) is 1. The molecule has 0 bridgehead atoms. The fraction of sp³-hybridized carbons (Fsp3) is 0.462. The number of carboxylic acids is 1. The topological polar surface area (TPSA) is 66.4 Å². The molecule has 1 fully saturated rings. The summed E-state index contributed by atoms with van der Waals surface area (Å²) in [6, 6.07) is 5.61. The number of nitrogens with one attached hydrogen (secondary N) is 1. The molecule has 1 aromatic rings. The lowest BCUT2D eigenvalue weighted by molar-refractivity contribution is 0.0697. The van der Waals surface area contributed by atoms with E-state index < -0.39 is 16.8 Å². The van der Waals surface area contributed by atoms with E-state index >= 15 is 0 Å². The summed E-state index contributed by atoms with van der Waals surface area (Å²) in [5, 5.41) is 12.4. The van der Waals surface area contributed by atoms with Gasteiger partial charge in [-0.15, -0.1) is 0 Å². The molecule has 0 saturated carbocycles. The van der Waals surface area contributed by atoms with Gasteiger partial charge in [0, 0.05) is 34.0 Å². The van der Waals surface area contributed by atoms with Gasteiger partial charge in [-0.1, -0.05) is 11.6 Å². The van der Waals surface area contributed by atoms with Gasteiger partial charge in [0.05, 0.1) is 5.56 Å². The highest BCUT2D eigenvalue weighted by Gasteiger charge is 2.19. The Bertz CT molecular complexity index is 477. The van der Waals surface area contributed by atoms with E-state index in [1.54, 1.807) is 6.07 Å². The quantitative estimate of drug-likeness (QED) is 0.879. The zero-order valence-corrected chi connectivity index (χ0v) is 11.1. The van der Waals surface area contributed by atoms with Crippen LogP contribution in [0.3, 0.4) is 0 Å². The minimum absolute atomic E-state index is 0.225. The number of benzene rings is 1. The first kappa shape index (κ1) is 13.1. The van der Waals surface area contributed by atoms with E-state index in [1.807, 2.05) is 19.1 Å². The lowest BCUT2D eigenvalue weighted by Gasteiger charge is -2.24. The third-order valence-electron chi connectivity index (χ3n) is 3.15.